The third-order valence-electron chi connectivity index (χ3n) is 2.63. The van der Waals surface area contributed by atoms with Gasteiger partial charge in [-0.05, 0) is 23.3 Å². The summed E-state index contributed by atoms with van der Waals surface area (Å²) in [5.74, 6) is -1.17. The highest BCUT2D eigenvalue weighted by atomic mass is 16.4. The summed E-state index contributed by atoms with van der Waals surface area (Å²) in [6.45, 7) is 0.473. The zero-order chi connectivity index (χ0) is 15.1. The van der Waals surface area contributed by atoms with Crippen LogP contribution in [-0.2, 0) is 22.7 Å². The Balaban J connectivity index is 1.89. The zero-order valence-electron chi connectivity index (χ0n) is 11.1. The molecule has 1 aromatic heterocycles. The Bertz CT molecular complexity index is 650. The van der Waals surface area contributed by atoms with Gasteiger partial charge in [-0.25, -0.2) is 14.5 Å². The van der Waals surface area contributed by atoms with Gasteiger partial charge in [-0.15, -0.1) is 0 Å². The lowest BCUT2D eigenvalue weighted by Crippen LogP contribution is -2.27. The molecule has 0 radical (unpaired) electrons. The van der Waals surface area contributed by atoms with Gasteiger partial charge in [-0.1, -0.05) is 18.2 Å². The molecule has 1 heterocycles. The van der Waals surface area contributed by atoms with Gasteiger partial charge in [0.2, 0.25) is 5.91 Å². The molecule has 0 aliphatic rings. The van der Waals surface area contributed by atoms with Crippen molar-refractivity contribution >= 4 is 18.0 Å². The Morgan fingerprint density at radius 2 is 2.24 bits per heavy atom. The third-order valence-corrected chi connectivity index (χ3v) is 2.63. The summed E-state index contributed by atoms with van der Waals surface area (Å²) in [6, 6.07) is 7.27. The summed E-state index contributed by atoms with van der Waals surface area (Å²) in [4.78, 5) is 25.9. The van der Waals surface area contributed by atoms with E-state index in [-0.39, 0.29) is 12.5 Å². The normalized spacial score (nSPS) is 10.7. The average Bonchev–Trinajstić information content (AvgIpc) is 2.96. The van der Waals surface area contributed by atoms with Gasteiger partial charge in [0.05, 0.1) is 0 Å². The summed E-state index contributed by atoms with van der Waals surface area (Å²) in [6.07, 6.45) is 5.41. The maximum absolute atomic E-state index is 11.7. The van der Waals surface area contributed by atoms with Gasteiger partial charge >= 0.3 is 5.97 Å². The van der Waals surface area contributed by atoms with E-state index in [9.17, 15) is 9.59 Å². The first-order chi connectivity index (χ1) is 10.1. The van der Waals surface area contributed by atoms with Crippen LogP contribution in [0.5, 0.6) is 0 Å². The zero-order valence-corrected chi connectivity index (χ0v) is 11.1. The average molecular weight is 286 g/mol. The van der Waals surface area contributed by atoms with Gasteiger partial charge in [-0.3, -0.25) is 4.79 Å². The second-order valence-electron chi connectivity index (χ2n) is 4.29. The van der Waals surface area contributed by atoms with Crippen LogP contribution in [0.4, 0.5) is 0 Å². The number of carboxylic acids is 1. The number of aromatic nitrogens is 3. The van der Waals surface area contributed by atoms with Crippen LogP contribution in [0.3, 0.4) is 0 Å². The van der Waals surface area contributed by atoms with E-state index in [0.29, 0.717) is 6.54 Å². The summed E-state index contributed by atoms with van der Waals surface area (Å²) < 4.78 is 1.43. The van der Waals surface area contributed by atoms with E-state index in [2.05, 4.69) is 15.4 Å². The highest BCUT2D eigenvalue weighted by molar-refractivity contribution is 5.85. The summed E-state index contributed by atoms with van der Waals surface area (Å²) in [5.41, 5.74) is 1.65. The molecule has 0 aliphatic heterocycles. The van der Waals surface area contributed by atoms with Crippen molar-refractivity contribution in [3.8, 4) is 0 Å². The lowest BCUT2D eigenvalue weighted by Gasteiger charge is -2.06. The summed E-state index contributed by atoms with van der Waals surface area (Å²) in [5, 5.41) is 15.2. The molecule has 0 bridgehead atoms. The SMILES string of the molecule is O=C(O)C=Cc1cccc(CNC(=O)Cn2cncn2)c1. The molecular formula is C14H14N4O3. The minimum atomic E-state index is -0.999. The van der Waals surface area contributed by atoms with Gasteiger partial charge in [0, 0.05) is 12.6 Å². The van der Waals surface area contributed by atoms with Crippen molar-refractivity contribution in [3.63, 3.8) is 0 Å². The summed E-state index contributed by atoms with van der Waals surface area (Å²) >= 11 is 0. The number of amides is 1. The molecule has 1 amide bonds. The predicted octanol–water partition coefficient (Wildman–Crippen LogP) is 0.692. The molecule has 7 nitrogen and oxygen atoms in total. The van der Waals surface area contributed by atoms with Crippen molar-refractivity contribution in [1.29, 1.82) is 0 Å². The molecule has 2 N–H and O–H groups in total. The van der Waals surface area contributed by atoms with Gasteiger partial charge in [-0.2, -0.15) is 5.10 Å². The van der Waals surface area contributed by atoms with Crippen molar-refractivity contribution in [1.82, 2.24) is 20.1 Å². The van der Waals surface area contributed by atoms with Crippen LogP contribution >= 0.6 is 0 Å². The second kappa shape index (κ2) is 6.99. The maximum Gasteiger partial charge on any atom is 0.328 e. The van der Waals surface area contributed by atoms with Crippen LogP contribution in [0.2, 0.25) is 0 Å². The number of benzene rings is 1. The predicted molar refractivity (Wildman–Crippen MR) is 75.0 cm³/mol. The minimum Gasteiger partial charge on any atom is -0.478 e. The highest BCUT2D eigenvalue weighted by Gasteiger charge is 2.03. The lowest BCUT2D eigenvalue weighted by molar-refractivity contribution is -0.131. The molecule has 0 atom stereocenters. The maximum atomic E-state index is 11.7. The number of carboxylic acid groups (broad SMARTS) is 1. The minimum absolute atomic E-state index is 0.110. The van der Waals surface area contributed by atoms with E-state index in [1.54, 1.807) is 12.1 Å². The molecule has 2 rings (SSSR count). The van der Waals surface area contributed by atoms with E-state index >= 15 is 0 Å². The fourth-order valence-corrected chi connectivity index (χ4v) is 1.69. The topological polar surface area (TPSA) is 97.1 Å². The number of rotatable bonds is 6. The van der Waals surface area contributed by atoms with E-state index < -0.39 is 5.97 Å². The van der Waals surface area contributed by atoms with Crippen LogP contribution in [-0.4, -0.2) is 31.7 Å². The molecule has 21 heavy (non-hydrogen) atoms. The molecule has 0 spiro atoms. The molecule has 0 saturated heterocycles. The first-order valence-corrected chi connectivity index (χ1v) is 6.22. The second-order valence-corrected chi connectivity index (χ2v) is 4.29. The van der Waals surface area contributed by atoms with Crippen molar-refractivity contribution in [2.75, 3.05) is 0 Å². The fourth-order valence-electron chi connectivity index (χ4n) is 1.69. The molecule has 0 unspecified atom stereocenters. The molecule has 0 saturated carbocycles. The Morgan fingerprint density at radius 1 is 1.38 bits per heavy atom. The van der Waals surface area contributed by atoms with Crippen molar-refractivity contribution in [2.24, 2.45) is 0 Å². The van der Waals surface area contributed by atoms with E-state index in [1.165, 1.54) is 23.4 Å². The molecular weight excluding hydrogens is 272 g/mol. The summed E-state index contributed by atoms with van der Waals surface area (Å²) in [7, 11) is 0. The first kappa shape index (κ1) is 14.4. The molecule has 7 heteroatoms. The van der Waals surface area contributed by atoms with Crippen LogP contribution in [0.15, 0.2) is 43.0 Å². The van der Waals surface area contributed by atoms with Crippen molar-refractivity contribution in [2.45, 2.75) is 13.1 Å². The molecule has 2 aromatic rings. The third kappa shape index (κ3) is 4.90. The molecule has 108 valence electrons. The van der Waals surface area contributed by atoms with Crippen molar-refractivity contribution in [3.05, 3.63) is 54.1 Å². The van der Waals surface area contributed by atoms with E-state index in [0.717, 1.165) is 17.2 Å². The number of carbonyl (C=O) groups is 2. The van der Waals surface area contributed by atoms with E-state index in [1.807, 2.05) is 12.1 Å². The Kier molecular flexibility index (Phi) is 4.81. The Labute approximate surface area is 120 Å². The number of hydrogen-bond donors (Lipinski definition) is 2. The molecule has 0 aliphatic carbocycles. The number of carbonyl (C=O) groups excluding carboxylic acids is 1. The largest absolute Gasteiger partial charge is 0.478 e. The van der Waals surface area contributed by atoms with E-state index in [4.69, 9.17) is 5.11 Å². The highest BCUT2D eigenvalue weighted by Crippen LogP contribution is 2.07. The van der Waals surface area contributed by atoms with Gasteiger partial charge in [0.15, 0.2) is 0 Å². The van der Waals surface area contributed by atoms with Crippen LogP contribution < -0.4 is 5.32 Å². The lowest BCUT2D eigenvalue weighted by atomic mass is 10.1. The quantitative estimate of drug-likeness (QED) is 0.762. The number of aliphatic carboxylic acids is 1. The standard InChI is InChI=1S/C14H14N4O3/c19-13(8-18-10-15-9-17-18)16-7-12-3-1-2-11(6-12)4-5-14(20)21/h1-6,9-10H,7-8H2,(H,16,19)(H,20,21). The number of hydrogen-bond acceptors (Lipinski definition) is 4. The van der Waals surface area contributed by atoms with Crippen molar-refractivity contribution < 1.29 is 14.7 Å². The fraction of sp³-hybridized carbons (Fsp3) is 0.143. The Hall–Kier alpha value is -2.96. The molecule has 0 fully saturated rings. The van der Waals surface area contributed by atoms with Crippen LogP contribution in [0.1, 0.15) is 11.1 Å². The number of nitrogens with zero attached hydrogens (tertiary/aromatic N) is 3. The number of nitrogens with one attached hydrogen (secondary N) is 1. The monoisotopic (exact) mass is 286 g/mol. The van der Waals surface area contributed by atoms with Crippen LogP contribution in [0, 0.1) is 0 Å². The van der Waals surface area contributed by atoms with Gasteiger partial charge in [0.25, 0.3) is 0 Å². The Morgan fingerprint density at radius 3 is 2.95 bits per heavy atom. The van der Waals surface area contributed by atoms with Gasteiger partial charge in [0.1, 0.15) is 19.2 Å². The smallest absolute Gasteiger partial charge is 0.328 e. The van der Waals surface area contributed by atoms with Crippen LogP contribution in [0.25, 0.3) is 6.08 Å². The molecule has 1 aromatic carbocycles. The first-order valence-electron chi connectivity index (χ1n) is 6.22. The van der Waals surface area contributed by atoms with Gasteiger partial charge < -0.3 is 10.4 Å².